The average Bonchev–Trinajstić information content (AvgIpc) is 2.44. The summed E-state index contributed by atoms with van der Waals surface area (Å²) in [7, 11) is 2.03. The van der Waals surface area contributed by atoms with Gasteiger partial charge in [0.05, 0.1) is 6.61 Å². The fourth-order valence-corrected chi connectivity index (χ4v) is 2.56. The van der Waals surface area contributed by atoms with Crippen LogP contribution in [0.3, 0.4) is 0 Å². The van der Waals surface area contributed by atoms with Crippen molar-refractivity contribution in [2.45, 2.75) is 13.0 Å². The monoisotopic (exact) mass is 294 g/mol. The third-order valence-corrected chi connectivity index (χ3v) is 3.74. The quantitative estimate of drug-likeness (QED) is 0.849. The van der Waals surface area contributed by atoms with Crippen LogP contribution in [0.1, 0.15) is 18.5 Å². The van der Waals surface area contributed by atoms with Gasteiger partial charge in [0.2, 0.25) is 0 Å². The van der Waals surface area contributed by atoms with E-state index < -0.39 is 12.0 Å². The fraction of sp³-hybridized carbons (Fsp3) is 0.533. The van der Waals surface area contributed by atoms with Crippen molar-refractivity contribution in [3.8, 4) is 11.5 Å². The lowest BCUT2D eigenvalue weighted by Crippen LogP contribution is -2.47. The molecule has 0 saturated carbocycles. The van der Waals surface area contributed by atoms with Crippen LogP contribution in [0.2, 0.25) is 0 Å². The molecule has 116 valence electrons. The van der Waals surface area contributed by atoms with Gasteiger partial charge in [0.1, 0.15) is 6.04 Å². The molecule has 2 N–H and O–H groups in total. The van der Waals surface area contributed by atoms with Gasteiger partial charge in [-0.25, -0.2) is 0 Å². The Morgan fingerprint density at radius 3 is 2.57 bits per heavy atom. The zero-order chi connectivity index (χ0) is 15.4. The van der Waals surface area contributed by atoms with E-state index in [1.54, 1.807) is 12.1 Å². The first-order valence-corrected chi connectivity index (χ1v) is 7.14. The second-order valence-corrected chi connectivity index (χ2v) is 5.24. The molecule has 0 spiro atoms. The minimum atomic E-state index is -0.882. The zero-order valence-electron chi connectivity index (χ0n) is 12.5. The van der Waals surface area contributed by atoms with Crippen LogP contribution in [0.4, 0.5) is 0 Å². The average molecular weight is 294 g/mol. The molecule has 1 aliphatic rings. The molecule has 1 atom stereocenters. The lowest BCUT2D eigenvalue weighted by Gasteiger charge is -2.36. The highest BCUT2D eigenvalue weighted by atomic mass is 16.5. The van der Waals surface area contributed by atoms with E-state index in [1.807, 2.05) is 18.9 Å². The van der Waals surface area contributed by atoms with Gasteiger partial charge in [-0.05, 0) is 31.7 Å². The molecular weight excluding hydrogens is 272 g/mol. The number of ether oxygens (including phenoxy) is 1. The summed E-state index contributed by atoms with van der Waals surface area (Å²) in [5, 5.41) is 19.3. The molecule has 6 nitrogen and oxygen atoms in total. The molecule has 1 unspecified atom stereocenters. The first-order chi connectivity index (χ1) is 10.0. The smallest absolute Gasteiger partial charge is 0.325 e. The van der Waals surface area contributed by atoms with Gasteiger partial charge in [-0.2, -0.15) is 0 Å². The third-order valence-electron chi connectivity index (χ3n) is 3.74. The summed E-state index contributed by atoms with van der Waals surface area (Å²) in [6.07, 6.45) is 0. The SMILES string of the molecule is CCOc1cc(C(C(=O)O)N2CCN(C)CC2)ccc1O. The van der Waals surface area contributed by atoms with E-state index >= 15 is 0 Å². The maximum atomic E-state index is 11.7. The van der Waals surface area contributed by atoms with E-state index in [4.69, 9.17) is 4.74 Å². The van der Waals surface area contributed by atoms with Crippen molar-refractivity contribution < 1.29 is 19.7 Å². The van der Waals surface area contributed by atoms with Crippen molar-refractivity contribution in [2.75, 3.05) is 39.8 Å². The first kappa shape index (κ1) is 15.6. The Hall–Kier alpha value is -1.79. The molecule has 0 aliphatic carbocycles. The summed E-state index contributed by atoms with van der Waals surface area (Å²) < 4.78 is 5.34. The number of phenolic OH excluding ortho intramolecular Hbond substituents is 1. The summed E-state index contributed by atoms with van der Waals surface area (Å²) in [5.74, 6) is -0.522. The van der Waals surface area contributed by atoms with Crippen molar-refractivity contribution in [1.29, 1.82) is 0 Å². The summed E-state index contributed by atoms with van der Waals surface area (Å²) in [4.78, 5) is 15.8. The van der Waals surface area contributed by atoms with E-state index in [9.17, 15) is 15.0 Å². The molecule has 1 saturated heterocycles. The molecule has 1 aromatic carbocycles. The van der Waals surface area contributed by atoms with Crippen molar-refractivity contribution in [3.63, 3.8) is 0 Å². The van der Waals surface area contributed by atoms with Gasteiger partial charge in [-0.3, -0.25) is 9.69 Å². The molecule has 1 heterocycles. The highest BCUT2D eigenvalue weighted by Crippen LogP contribution is 2.32. The van der Waals surface area contributed by atoms with Crippen LogP contribution in [0, 0.1) is 0 Å². The number of phenols is 1. The first-order valence-electron chi connectivity index (χ1n) is 7.14. The molecule has 6 heteroatoms. The number of carbonyl (C=O) groups is 1. The van der Waals surface area contributed by atoms with Crippen molar-refractivity contribution in [1.82, 2.24) is 9.80 Å². The number of carboxylic acid groups (broad SMARTS) is 1. The van der Waals surface area contributed by atoms with Gasteiger partial charge in [0, 0.05) is 26.2 Å². The van der Waals surface area contributed by atoms with Crippen LogP contribution in [-0.2, 0) is 4.79 Å². The van der Waals surface area contributed by atoms with E-state index in [0.29, 0.717) is 31.0 Å². The molecule has 2 rings (SSSR count). The van der Waals surface area contributed by atoms with Gasteiger partial charge >= 0.3 is 5.97 Å². The molecule has 0 radical (unpaired) electrons. The van der Waals surface area contributed by atoms with Gasteiger partial charge < -0.3 is 19.8 Å². The van der Waals surface area contributed by atoms with E-state index in [-0.39, 0.29) is 5.75 Å². The topological polar surface area (TPSA) is 73.2 Å². The maximum absolute atomic E-state index is 11.7. The van der Waals surface area contributed by atoms with Crippen LogP contribution in [0.5, 0.6) is 11.5 Å². The zero-order valence-corrected chi connectivity index (χ0v) is 12.5. The molecule has 1 aromatic rings. The second kappa shape index (κ2) is 6.78. The Kier molecular flexibility index (Phi) is 5.03. The molecule has 0 amide bonds. The number of likely N-dealkylation sites (N-methyl/N-ethyl adjacent to an activating group) is 1. The number of nitrogens with zero attached hydrogens (tertiary/aromatic N) is 2. The minimum Gasteiger partial charge on any atom is -0.504 e. The van der Waals surface area contributed by atoms with Crippen LogP contribution < -0.4 is 4.74 Å². The molecule has 1 fully saturated rings. The maximum Gasteiger partial charge on any atom is 0.325 e. The van der Waals surface area contributed by atoms with E-state index in [2.05, 4.69) is 4.90 Å². The highest BCUT2D eigenvalue weighted by molar-refractivity contribution is 5.76. The van der Waals surface area contributed by atoms with Crippen LogP contribution in [0.15, 0.2) is 18.2 Å². The number of piperazine rings is 1. The van der Waals surface area contributed by atoms with Gasteiger partial charge in [-0.1, -0.05) is 6.07 Å². The third kappa shape index (κ3) is 3.65. The number of carboxylic acids is 1. The fourth-order valence-electron chi connectivity index (χ4n) is 2.56. The number of rotatable bonds is 5. The Morgan fingerprint density at radius 1 is 1.33 bits per heavy atom. The predicted molar refractivity (Wildman–Crippen MR) is 78.7 cm³/mol. The van der Waals surface area contributed by atoms with Crippen LogP contribution >= 0.6 is 0 Å². The number of aliphatic carboxylic acids is 1. The van der Waals surface area contributed by atoms with Crippen molar-refractivity contribution in [3.05, 3.63) is 23.8 Å². The molecule has 21 heavy (non-hydrogen) atoms. The van der Waals surface area contributed by atoms with E-state index in [0.717, 1.165) is 13.1 Å². The summed E-state index contributed by atoms with van der Waals surface area (Å²) >= 11 is 0. The molecule has 1 aliphatic heterocycles. The summed E-state index contributed by atoms with van der Waals surface area (Å²) in [5.41, 5.74) is 0.633. The lowest BCUT2D eigenvalue weighted by molar-refractivity contribution is -0.144. The Bertz CT molecular complexity index is 498. The number of hydrogen-bond donors (Lipinski definition) is 2. The van der Waals surface area contributed by atoms with Crippen LogP contribution in [-0.4, -0.2) is 65.8 Å². The Labute approximate surface area is 124 Å². The Morgan fingerprint density at radius 2 is 2.00 bits per heavy atom. The Balaban J connectivity index is 2.26. The van der Waals surface area contributed by atoms with Crippen molar-refractivity contribution >= 4 is 5.97 Å². The number of aromatic hydroxyl groups is 1. The molecular formula is C15H22N2O4. The van der Waals surface area contributed by atoms with Crippen molar-refractivity contribution in [2.24, 2.45) is 0 Å². The summed E-state index contributed by atoms with van der Waals surface area (Å²) in [6, 6.07) is 4.05. The normalized spacial score (nSPS) is 18.4. The lowest BCUT2D eigenvalue weighted by atomic mass is 10.0. The number of benzene rings is 1. The second-order valence-electron chi connectivity index (χ2n) is 5.24. The van der Waals surface area contributed by atoms with Gasteiger partial charge in [0.25, 0.3) is 0 Å². The van der Waals surface area contributed by atoms with E-state index in [1.165, 1.54) is 6.07 Å². The number of hydrogen-bond acceptors (Lipinski definition) is 5. The standard InChI is InChI=1S/C15H22N2O4/c1-3-21-13-10-11(4-5-12(13)18)14(15(19)20)17-8-6-16(2)7-9-17/h4-5,10,14,18H,3,6-9H2,1-2H3,(H,19,20). The molecule has 0 bridgehead atoms. The largest absolute Gasteiger partial charge is 0.504 e. The minimum absolute atomic E-state index is 0.0307. The van der Waals surface area contributed by atoms with Gasteiger partial charge in [-0.15, -0.1) is 0 Å². The van der Waals surface area contributed by atoms with Crippen LogP contribution in [0.25, 0.3) is 0 Å². The summed E-state index contributed by atoms with van der Waals surface area (Å²) in [6.45, 7) is 5.35. The predicted octanol–water partition coefficient (Wildman–Crippen LogP) is 1.16. The highest BCUT2D eigenvalue weighted by Gasteiger charge is 2.30. The van der Waals surface area contributed by atoms with Gasteiger partial charge in [0.15, 0.2) is 11.5 Å². The molecule has 0 aromatic heterocycles.